The number of carbonyl (C=O) groups excluding carboxylic acids is 1. The predicted octanol–water partition coefficient (Wildman–Crippen LogP) is 3.63. The minimum absolute atomic E-state index is 0.0430. The fraction of sp³-hybridized carbons (Fsp3) is 0.500. The minimum Gasteiger partial charge on any atom is -0.468 e. The van der Waals surface area contributed by atoms with Gasteiger partial charge in [0.05, 0.1) is 18.8 Å². The van der Waals surface area contributed by atoms with E-state index < -0.39 is 0 Å². The van der Waals surface area contributed by atoms with Gasteiger partial charge in [0.25, 0.3) is 0 Å². The molecule has 0 aliphatic carbocycles. The SMILES string of the molecule is Cc1ccsc1CN(C)C(=O)NCC(c1ccco1)N1CCCC1. The minimum atomic E-state index is -0.0430. The summed E-state index contributed by atoms with van der Waals surface area (Å²) in [5.74, 6) is 0.925. The number of likely N-dealkylation sites (tertiary alicyclic amines) is 1. The molecule has 0 aromatic carbocycles. The van der Waals surface area contributed by atoms with Crippen molar-refractivity contribution in [2.45, 2.75) is 32.4 Å². The Kier molecular flexibility index (Phi) is 5.58. The Morgan fingerprint density at radius 1 is 1.42 bits per heavy atom. The molecule has 0 spiro atoms. The molecule has 3 rings (SSSR count). The molecule has 0 bridgehead atoms. The maximum Gasteiger partial charge on any atom is 0.317 e. The average Bonchev–Trinajstić information content (AvgIpc) is 3.31. The van der Waals surface area contributed by atoms with Crippen LogP contribution in [-0.2, 0) is 6.54 Å². The van der Waals surface area contributed by atoms with Gasteiger partial charge in [-0.05, 0) is 62.0 Å². The van der Waals surface area contributed by atoms with Gasteiger partial charge < -0.3 is 14.6 Å². The van der Waals surface area contributed by atoms with Crippen molar-refractivity contribution >= 4 is 17.4 Å². The Labute approximate surface area is 147 Å². The van der Waals surface area contributed by atoms with Crippen molar-refractivity contribution in [3.8, 4) is 0 Å². The summed E-state index contributed by atoms with van der Waals surface area (Å²) >= 11 is 1.69. The third-order valence-corrected chi connectivity index (χ3v) is 5.60. The predicted molar refractivity (Wildman–Crippen MR) is 96.2 cm³/mol. The molecule has 1 atom stereocenters. The highest BCUT2D eigenvalue weighted by molar-refractivity contribution is 7.10. The number of thiophene rings is 1. The van der Waals surface area contributed by atoms with Crippen LogP contribution in [0.2, 0.25) is 0 Å². The van der Waals surface area contributed by atoms with Gasteiger partial charge in [-0.3, -0.25) is 4.90 Å². The molecule has 2 aromatic heterocycles. The summed E-state index contributed by atoms with van der Waals surface area (Å²) in [4.78, 5) is 17.8. The van der Waals surface area contributed by atoms with E-state index in [1.807, 2.05) is 19.2 Å². The molecule has 3 heterocycles. The molecule has 1 saturated heterocycles. The molecule has 2 amide bonds. The molecule has 2 aromatic rings. The molecular formula is C18H25N3O2S. The molecule has 24 heavy (non-hydrogen) atoms. The fourth-order valence-electron chi connectivity index (χ4n) is 3.12. The standard InChI is InChI=1S/C18H25N3O2S/c1-14-7-11-24-17(14)13-20(2)18(22)19-12-15(16-6-5-10-23-16)21-8-3-4-9-21/h5-7,10-11,15H,3-4,8-9,12-13H2,1-2H3,(H,19,22). The second-order valence-electron chi connectivity index (χ2n) is 6.34. The van der Waals surface area contributed by atoms with Gasteiger partial charge in [-0.15, -0.1) is 11.3 Å². The van der Waals surface area contributed by atoms with E-state index in [2.05, 4.69) is 28.6 Å². The van der Waals surface area contributed by atoms with Crippen LogP contribution in [0.15, 0.2) is 34.3 Å². The lowest BCUT2D eigenvalue weighted by Gasteiger charge is -2.27. The van der Waals surface area contributed by atoms with Gasteiger partial charge in [0.15, 0.2) is 0 Å². The Hall–Kier alpha value is -1.79. The first-order chi connectivity index (χ1) is 11.6. The molecule has 1 aliphatic heterocycles. The van der Waals surface area contributed by atoms with Crippen LogP contribution < -0.4 is 5.32 Å². The first-order valence-corrected chi connectivity index (χ1v) is 9.32. The lowest BCUT2D eigenvalue weighted by Crippen LogP contribution is -2.42. The van der Waals surface area contributed by atoms with E-state index >= 15 is 0 Å². The van der Waals surface area contributed by atoms with Crippen molar-refractivity contribution in [3.05, 3.63) is 46.0 Å². The molecule has 130 valence electrons. The van der Waals surface area contributed by atoms with Gasteiger partial charge in [-0.2, -0.15) is 0 Å². The smallest absolute Gasteiger partial charge is 0.317 e. The van der Waals surface area contributed by atoms with Crippen molar-refractivity contribution in [1.29, 1.82) is 0 Å². The second kappa shape index (κ2) is 7.85. The maximum atomic E-state index is 12.4. The zero-order valence-electron chi connectivity index (χ0n) is 14.3. The van der Waals surface area contributed by atoms with E-state index in [1.54, 1.807) is 22.5 Å². The summed E-state index contributed by atoms with van der Waals surface area (Å²) in [6, 6.07) is 6.06. The molecule has 0 radical (unpaired) electrons. The van der Waals surface area contributed by atoms with Crippen molar-refractivity contribution in [1.82, 2.24) is 15.1 Å². The van der Waals surface area contributed by atoms with Crippen LogP contribution in [0, 0.1) is 6.92 Å². The number of amides is 2. The Morgan fingerprint density at radius 3 is 2.83 bits per heavy atom. The van der Waals surface area contributed by atoms with E-state index in [9.17, 15) is 4.79 Å². The van der Waals surface area contributed by atoms with Gasteiger partial charge in [-0.25, -0.2) is 4.79 Å². The molecule has 5 nitrogen and oxygen atoms in total. The first-order valence-electron chi connectivity index (χ1n) is 8.44. The third-order valence-electron chi connectivity index (χ3n) is 4.60. The van der Waals surface area contributed by atoms with E-state index in [0.29, 0.717) is 13.1 Å². The summed E-state index contributed by atoms with van der Waals surface area (Å²) in [7, 11) is 1.84. The van der Waals surface area contributed by atoms with Gasteiger partial charge in [0.1, 0.15) is 5.76 Å². The number of hydrogen-bond donors (Lipinski definition) is 1. The van der Waals surface area contributed by atoms with Crippen LogP contribution in [0.5, 0.6) is 0 Å². The van der Waals surface area contributed by atoms with Crippen molar-refractivity contribution < 1.29 is 9.21 Å². The number of nitrogens with zero attached hydrogens (tertiary/aromatic N) is 2. The van der Waals surface area contributed by atoms with Crippen LogP contribution in [0.1, 0.15) is 35.1 Å². The molecule has 1 unspecified atom stereocenters. The third kappa shape index (κ3) is 3.99. The Balaban J connectivity index is 1.57. The number of hydrogen-bond acceptors (Lipinski definition) is 4. The Bertz CT molecular complexity index is 647. The summed E-state index contributed by atoms with van der Waals surface area (Å²) in [5, 5.41) is 5.14. The fourth-order valence-corrected chi connectivity index (χ4v) is 4.07. The van der Waals surface area contributed by atoms with Gasteiger partial charge in [-0.1, -0.05) is 0 Å². The zero-order chi connectivity index (χ0) is 16.9. The molecule has 6 heteroatoms. The maximum absolute atomic E-state index is 12.4. The Morgan fingerprint density at radius 2 is 2.21 bits per heavy atom. The van der Waals surface area contributed by atoms with Gasteiger partial charge in [0.2, 0.25) is 0 Å². The van der Waals surface area contributed by atoms with E-state index in [4.69, 9.17) is 4.42 Å². The first kappa shape index (κ1) is 17.0. The largest absolute Gasteiger partial charge is 0.468 e. The molecular weight excluding hydrogens is 322 g/mol. The summed E-state index contributed by atoms with van der Waals surface area (Å²) in [6.07, 6.45) is 4.12. The van der Waals surface area contributed by atoms with E-state index in [1.165, 1.54) is 23.3 Å². The van der Waals surface area contributed by atoms with E-state index in [0.717, 1.165) is 18.8 Å². The highest BCUT2D eigenvalue weighted by Crippen LogP contribution is 2.25. The van der Waals surface area contributed by atoms with Crippen LogP contribution in [-0.4, -0.2) is 42.5 Å². The lowest BCUT2D eigenvalue weighted by atomic mass is 10.2. The number of nitrogens with one attached hydrogen (secondary N) is 1. The van der Waals surface area contributed by atoms with Gasteiger partial charge >= 0.3 is 6.03 Å². The molecule has 1 fully saturated rings. The van der Waals surface area contributed by atoms with E-state index in [-0.39, 0.29) is 12.1 Å². The normalized spacial score (nSPS) is 16.2. The van der Waals surface area contributed by atoms with Gasteiger partial charge in [0, 0.05) is 18.5 Å². The molecule has 1 aliphatic rings. The van der Waals surface area contributed by atoms with Crippen molar-refractivity contribution in [2.24, 2.45) is 0 Å². The van der Waals surface area contributed by atoms with Crippen LogP contribution in [0.25, 0.3) is 0 Å². The van der Waals surface area contributed by atoms with Crippen LogP contribution in [0.3, 0.4) is 0 Å². The lowest BCUT2D eigenvalue weighted by molar-refractivity contribution is 0.187. The second-order valence-corrected chi connectivity index (χ2v) is 7.34. The van der Waals surface area contributed by atoms with Crippen molar-refractivity contribution in [3.63, 3.8) is 0 Å². The van der Waals surface area contributed by atoms with Crippen LogP contribution >= 0.6 is 11.3 Å². The topological polar surface area (TPSA) is 48.7 Å². The number of urea groups is 1. The van der Waals surface area contributed by atoms with Crippen molar-refractivity contribution in [2.75, 3.05) is 26.7 Å². The molecule has 0 saturated carbocycles. The highest BCUT2D eigenvalue weighted by Gasteiger charge is 2.26. The highest BCUT2D eigenvalue weighted by atomic mass is 32.1. The quantitative estimate of drug-likeness (QED) is 0.868. The summed E-state index contributed by atoms with van der Waals surface area (Å²) in [5.41, 5.74) is 1.24. The molecule has 1 N–H and O–H groups in total. The monoisotopic (exact) mass is 347 g/mol. The summed E-state index contributed by atoms with van der Waals surface area (Å²) < 4.78 is 5.60. The van der Waals surface area contributed by atoms with Crippen LogP contribution in [0.4, 0.5) is 4.79 Å². The number of aryl methyl sites for hydroxylation is 1. The average molecular weight is 347 g/mol. The zero-order valence-corrected chi connectivity index (χ0v) is 15.1. The summed E-state index contributed by atoms with van der Waals surface area (Å²) in [6.45, 7) is 5.42. The number of rotatable bonds is 6. The number of furan rings is 1. The number of carbonyl (C=O) groups is 1.